The first kappa shape index (κ1) is 26.0. The number of hydrogen-bond donors (Lipinski definition) is 1. The number of aldehydes is 1. The molecule has 0 radical (unpaired) electrons. The van der Waals surface area contributed by atoms with Crippen LogP contribution in [-0.4, -0.2) is 70.1 Å². The number of nitrogens with one attached hydrogen (secondary N) is 1. The molecule has 0 saturated carbocycles. The molecule has 36 heavy (non-hydrogen) atoms. The number of alkyl halides is 4. The molecule has 1 N–H and O–H groups in total. The Morgan fingerprint density at radius 2 is 2.00 bits per heavy atom. The summed E-state index contributed by atoms with van der Waals surface area (Å²) >= 11 is 6.19. The van der Waals surface area contributed by atoms with Crippen LogP contribution in [0.2, 0.25) is 5.02 Å². The molecule has 9 nitrogen and oxygen atoms in total. The van der Waals surface area contributed by atoms with Crippen LogP contribution in [0.1, 0.15) is 22.3 Å². The molecule has 1 saturated heterocycles. The molecule has 1 fully saturated rings. The van der Waals surface area contributed by atoms with Gasteiger partial charge >= 0.3 is 6.18 Å². The molecule has 1 aliphatic rings. The lowest BCUT2D eigenvalue weighted by Gasteiger charge is -2.33. The molecular weight excluding hydrogens is 528 g/mol. The summed E-state index contributed by atoms with van der Waals surface area (Å²) in [6.45, 7) is -0.351. The predicted octanol–water partition coefficient (Wildman–Crippen LogP) is 3.60. The van der Waals surface area contributed by atoms with E-state index in [1.807, 2.05) is 0 Å². The van der Waals surface area contributed by atoms with Crippen molar-refractivity contribution in [3.05, 3.63) is 53.1 Å². The number of sulfonamides is 1. The Hall–Kier alpha value is -3.10. The number of nitrogens with zero attached hydrogens (tertiary/aromatic N) is 5. The summed E-state index contributed by atoms with van der Waals surface area (Å²) in [7, 11) is -3.58. The van der Waals surface area contributed by atoms with E-state index >= 15 is 0 Å². The van der Waals surface area contributed by atoms with Gasteiger partial charge in [-0.1, -0.05) is 11.6 Å². The van der Waals surface area contributed by atoms with Gasteiger partial charge in [-0.3, -0.25) is 4.79 Å². The SMILES string of the molecule is CS(=O)(=O)N1CC[C@H](Nc2ncc(C(F)(F)F)c(-c3cn(-c4ccc(C=O)cc4Cl)cn3)n2)[C@H](F)C1. The van der Waals surface area contributed by atoms with Gasteiger partial charge in [0.25, 0.3) is 0 Å². The number of carbonyl (C=O) groups is 1. The molecule has 0 aliphatic carbocycles. The minimum absolute atomic E-state index is 0.0401. The maximum Gasteiger partial charge on any atom is 0.420 e. The summed E-state index contributed by atoms with van der Waals surface area (Å²) < 4.78 is 81.4. The maximum absolute atomic E-state index is 14.6. The lowest BCUT2D eigenvalue weighted by molar-refractivity contribution is -0.137. The van der Waals surface area contributed by atoms with Crippen molar-refractivity contribution in [2.24, 2.45) is 0 Å². The molecule has 0 amide bonds. The smallest absolute Gasteiger partial charge is 0.348 e. The van der Waals surface area contributed by atoms with E-state index in [1.54, 1.807) is 0 Å². The second-order valence-electron chi connectivity index (χ2n) is 8.13. The highest BCUT2D eigenvalue weighted by molar-refractivity contribution is 7.88. The summed E-state index contributed by atoms with van der Waals surface area (Å²) in [6.07, 6.45) is -1.68. The number of anilines is 1. The van der Waals surface area contributed by atoms with Gasteiger partial charge in [-0.15, -0.1) is 0 Å². The third-order valence-corrected chi connectivity index (χ3v) is 7.17. The highest BCUT2D eigenvalue weighted by Gasteiger charge is 2.37. The Labute approximate surface area is 208 Å². The molecule has 2 atom stereocenters. The van der Waals surface area contributed by atoms with Crippen molar-refractivity contribution in [3.8, 4) is 17.1 Å². The van der Waals surface area contributed by atoms with Gasteiger partial charge in [-0.05, 0) is 24.6 Å². The van der Waals surface area contributed by atoms with Gasteiger partial charge in [-0.25, -0.2) is 27.8 Å². The molecule has 1 aliphatic heterocycles. The van der Waals surface area contributed by atoms with Crippen LogP contribution in [0.5, 0.6) is 0 Å². The molecule has 2 aromatic heterocycles. The zero-order valence-corrected chi connectivity index (χ0v) is 20.1. The number of halogens is 5. The van der Waals surface area contributed by atoms with Crippen molar-refractivity contribution < 1.29 is 30.8 Å². The van der Waals surface area contributed by atoms with Crippen LogP contribution >= 0.6 is 11.6 Å². The van der Waals surface area contributed by atoms with Crippen LogP contribution in [0.4, 0.5) is 23.5 Å². The van der Waals surface area contributed by atoms with E-state index in [4.69, 9.17) is 11.6 Å². The highest BCUT2D eigenvalue weighted by Crippen LogP contribution is 2.36. The molecule has 3 aromatic rings. The van der Waals surface area contributed by atoms with E-state index in [-0.39, 0.29) is 29.6 Å². The summed E-state index contributed by atoms with van der Waals surface area (Å²) in [5.41, 5.74) is -1.14. The van der Waals surface area contributed by atoms with Gasteiger partial charge in [0, 0.05) is 31.0 Å². The first-order valence-corrected chi connectivity index (χ1v) is 12.7. The van der Waals surface area contributed by atoms with Gasteiger partial charge in [0.05, 0.1) is 23.0 Å². The Balaban J connectivity index is 1.65. The quantitative estimate of drug-likeness (QED) is 0.371. The number of rotatable bonds is 6. The molecule has 3 heterocycles. The lowest BCUT2D eigenvalue weighted by Crippen LogP contribution is -2.49. The van der Waals surface area contributed by atoms with Crippen molar-refractivity contribution >= 4 is 33.9 Å². The Kier molecular flexibility index (Phi) is 7.03. The molecule has 0 bridgehead atoms. The Morgan fingerprint density at radius 3 is 2.61 bits per heavy atom. The molecule has 192 valence electrons. The van der Waals surface area contributed by atoms with E-state index in [0.717, 1.165) is 10.6 Å². The van der Waals surface area contributed by atoms with E-state index in [9.17, 15) is 30.8 Å². The number of piperidine rings is 1. The molecule has 0 spiro atoms. The first-order chi connectivity index (χ1) is 16.9. The monoisotopic (exact) mass is 546 g/mol. The predicted molar refractivity (Wildman–Crippen MR) is 123 cm³/mol. The standard InChI is InChI=1S/C21H19ClF4N6O3S/c1-36(34,35)32-5-4-16(15(23)8-32)29-20-27-7-13(21(24,25)26)19(30-20)17-9-31(11-28-17)18-3-2-12(10-33)6-14(18)22/h2-3,6-7,9-11,15-16H,4-5,8H2,1H3,(H,27,29,30)/t15-,16+/m1/s1. The van der Waals surface area contributed by atoms with Crippen molar-refractivity contribution in [2.45, 2.75) is 24.8 Å². The van der Waals surface area contributed by atoms with Gasteiger partial charge in [0.1, 0.15) is 35.7 Å². The van der Waals surface area contributed by atoms with E-state index < -0.39 is 46.2 Å². The zero-order chi connectivity index (χ0) is 26.3. The van der Waals surface area contributed by atoms with Gasteiger partial charge in [0.15, 0.2) is 0 Å². The summed E-state index contributed by atoms with van der Waals surface area (Å²) in [4.78, 5) is 22.6. The number of aromatic nitrogens is 4. The van der Waals surface area contributed by atoms with E-state index in [0.29, 0.717) is 23.7 Å². The van der Waals surface area contributed by atoms with Crippen LogP contribution in [0.15, 0.2) is 36.9 Å². The second-order valence-corrected chi connectivity index (χ2v) is 10.5. The van der Waals surface area contributed by atoms with Crippen LogP contribution < -0.4 is 5.32 Å². The van der Waals surface area contributed by atoms with Crippen LogP contribution in [0, 0.1) is 0 Å². The third kappa shape index (κ3) is 5.50. The lowest BCUT2D eigenvalue weighted by atomic mass is 10.1. The number of benzene rings is 1. The van der Waals surface area contributed by atoms with Gasteiger partial charge in [0.2, 0.25) is 16.0 Å². The van der Waals surface area contributed by atoms with Crippen molar-refractivity contribution in [2.75, 3.05) is 24.7 Å². The van der Waals surface area contributed by atoms with Crippen LogP contribution in [0.3, 0.4) is 0 Å². The van der Waals surface area contributed by atoms with Crippen LogP contribution in [0.25, 0.3) is 17.1 Å². The molecule has 0 unspecified atom stereocenters. The number of carbonyl (C=O) groups excluding carboxylic acids is 1. The first-order valence-electron chi connectivity index (χ1n) is 10.5. The van der Waals surface area contributed by atoms with Crippen molar-refractivity contribution in [1.82, 2.24) is 23.8 Å². The fraction of sp³-hybridized carbons (Fsp3) is 0.333. The largest absolute Gasteiger partial charge is 0.420 e. The Bertz CT molecular complexity index is 1400. The Morgan fingerprint density at radius 1 is 1.25 bits per heavy atom. The third-order valence-electron chi connectivity index (χ3n) is 5.59. The molecule has 1 aromatic carbocycles. The normalized spacial score (nSPS) is 19.3. The van der Waals surface area contributed by atoms with Gasteiger partial charge < -0.3 is 9.88 Å². The maximum atomic E-state index is 14.6. The highest BCUT2D eigenvalue weighted by atomic mass is 35.5. The summed E-state index contributed by atoms with van der Waals surface area (Å²) in [6, 6.07) is 3.50. The number of imidazole rings is 1. The van der Waals surface area contributed by atoms with Crippen LogP contribution in [-0.2, 0) is 16.2 Å². The molecule has 4 rings (SSSR count). The summed E-state index contributed by atoms with van der Waals surface area (Å²) in [5.74, 6) is -0.263. The molecule has 15 heteroatoms. The van der Waals surface area contributed by atoms with Crippen molar-refractivity contribution in [3.63, 3.8) is 0 Å². The fourth-order valence-electron chi connectivity index (χ4n) is 3.74. The summed E-state index contributed by atoms with van der Waals surface area (Å²) in [5, 5.41) is 2.86. The fourth-order valence-corrected chi connectivity index (χ4v) is 4.88. The average molecular weight is 547 g/mol. The van der Waals surface area contributed by atoms with E-state index in [2.05, 4.69) is 20.3 Å². The molecular formula is C21H19ClF4N6O3S. The van der Waals surface area contributed by atoms with Crippen molar-refractivity contribution in [1.29, 1.82) is 0 Å². The minimum atomic E-state index is -4.80. The topological polar surface area (TPSA) is 110 Å². The number of hydrogen-bond acceptors (Lipinski definition) is 7. The van der Waals surface area contributed by atoms with Gasteiger partial charge in [-0.2, -0.15) is 17.5 Å². The minimum Gasteiger partial charge on any atom is -0.348 e. The second kappa shape index (κ2) is 9.75. The average Bonchev–Trinajstić information content (AvgIpc) is 3.28. The zero-order valence-electron chi connectivity index (χ0n) is 18.6. The van der Waals surface area contributed by atoms with E-state index in [1.165, 1.54) is 35.3 Å².